The van der Waals surface area contributed by atoms with Crippen molar-refractivity contribution in [3.8, 4) is 0 Å². The Morgan fingerprint density at radius 1 is 1.60 bits per heavy atom. The molecule has 2 aromatic rings. The van der Waals surface area contributed by atoms with Gasteiger partial charge < -0.3 is 0 Å². The lowest BCUT2D eigenvalue weighted by Crippen LogP contribution is -2.22. The van der Waals surface area contributed by atoms with Crippen molar-refractivity contribution >= 4 is 11.0 Å². The van der Waals surface area contributed by atoms with E-state index in [1.807, 2.05) is 19.3 Å². The van der Waals surface area contributed by atoms with E-state index in [2.05, 4.69) is 4.98 Å². The van der Waals surface area contributed by atoms with E-state index >= 15 is 0 Å². The molecule has 0 N–H and O–H groups in total. The standard InChI is InChI=1S/C7H7N2O/c1-9-5-6-2-3-8-4-7(6)10-9/h2-5H,1H3/q+1. The van der Waals surface area contributed by atoms with E-state index in [1.165, 1.54) is 0 Å². The Morgan fingerprint density at radius 2 is 2.50 bits per heavy atom. The van der Waals surface area contributed by atoms with E-state index in [0.29, 0.717) is 0 Å². The van der Waals surface area contributed by atoms with Gasteiger partial charge in [0.1, 0.15) is 0 Å². The molecule has 0 atom stereocenters. The summed E-state index contributed by atoms with van der Waals surface area (Å²) in [5.41, 5.74) is 0.824. The average Bonchev–Trinajstić information content (AvgIpc) is 2.27. The molecule has 3 heteroatoms. The van der Waals surface area contributed by atoms with Crippen molar-refractivity contribution in [3.63, 3.8) is 0 Å². The summed E-state index contributed by atoms with van der Waals surface area (Å²) in [5.74, 6) is 0. The van der Waals surface area contributed by atoms with Crippen molar-refractivity contribution < 1.29 is 9.26 Å². The van der Waals surface area contributed by atoms with E-state index in [-0.39, 0.29) is 0 Å². The molecule has 0 saturated heterocycles. The van der Waals surface area contributed by atoms with Crippen LogP contribution in [0.4, 0.5) is 0 Å². The third-order valence-corrected chi connectivity index (χ3v) is 1.38. The van der Waals surface area contributed by atoms with Crippen molar-refractivity contribution in [2.45, 2.75) is 0 Å². The third-order valence-electron chi connectivity index (χ3n) is 1.38. The van der Waals surface area contributed by atoms with Crippen LogP contribution in [0.25, 0.3) is 11.0 Å². The largest absolute Gasteiger partial charge is 0.260 e. The Labute approximate surface area is 57.9 Å². The molecule has 0 bridgehead atoms. The molecule has 0 radical (unpaired) electrons. The Kier molecular flexibility index (Phi) is 0.974. The van der Waals surface area contributed by atoms with Gasteiger partial charge in [0, 0.05) is 6.20 Å². The second-order valence-electron chi connectivity index (χ2n) is 2.18. The van der Waals surface area contributed by atoms with Gasteiger partial charge in [-0.3, -0.25) is 4.98 Å². The van der Waals surface area contributed by atoms with Gasteiger partial charge in [0.25, 0.3) is 0 Å². The molecule has 0 aliphatic heterocycles. The van der Waals surface area contributed by atoms with Gasteiger partial charge in [-0.25, -0.2) is 4.52 Å². The SMILES string of the molecule is C[n+]1cc2ccncc2o1. The van der Waals surface area contributed by atoms with Gasteiger partial charge >= 0.3 is 0 Å². The first kappa shape index (κ1) is 5.41. The molecule has 0 spiro atoms. The fourth-order valence-corrected chi connectivity index (χ4v) is 0.951. The van der Waals surface area contributed by atoms with Crippen LogP contribution in [0.5, 0.6) is 0 Å². The fraction of sp³-hybridized carbons (Fsp3) is 0.143. The van der Waals surface area contributed by atoms with Gasteiger partial charge in [-0.05, 0) is 10.8 Å². The monoisotopic (exact) mass is 135 g/mol. The van der Waals surface area contributed by atoms with Gasteiger partial charge in [0.05, 0.1) is 11.6 Å². The molecule has 3 nitrogen and oxygen atoms in total. The lowest BCUT2D eigenvalue weighted by molar-refractivity contribution is -0.841. The minimum absolute atomic E-state index is 0.824. The van der Waals surface area contributed by atoms with Gasteiger partial charge in [0.15, 0.2) is 7.05 Å². The topological polar surface area (TPSA) is 29.9 Å². The van der Waals surface area contributed by atoms with Crippen LogP contribution in [0.3, 0.4) is 0 Å². The summed E-state index contributed by atoms with van der Waals surface area (Å²) in [6, 6.07) is 1.92. The normalized spacial score (nSPS) is 10.5. The second kappa shape index (κ2) is 1.80. The summed E-state index contributed by atoms with van der Waals surface area (Å²) < 4.78 is 6.88. The number of fused-ring (bicyclic) bond motifs is 1. The molecular formula is C7H7N2O+. The Hall–Kier alpha value is -1.38. The summed E-state index contributed by atoms with van der Waals surface area (Å²) in [6.07, 6.45) is 5.37. The third kappa shape index (κ3) is 0.673. The predicted octanol–water partition coefficient (Wildman–Crippen LogP) is 0.652. The smallest absolute Gasteiger partial charge is 0.234 e. The predicted molar refractivity (Wildman–Crippen MR) is 35.2 cm³/mol. The molecule has 2 aromatic heterocycles. The van der Waals surface area contributed by atoms with Gasteiger partial charge in [-0.15, -0.1) is 0 Å². The minimum atomic E-state index is 0.824. The molecule has 0 fully saturated rings. The minimum Gasteiger partial charge on any atom is -0.260 e. The number of hydrogen-bond donors (Lipinski definition) is 0. The first-order chi connectivity index (χ1) is 4.86. The van der Waals surface area contributed by atoms with E-state index in [0.717, 1.165) is 11.0 Å². The van der Waals surface area contributed by atoms with Crippen LogP contribution in [0.1, 0.15) is 0 Å². The van der Waals surface area contributed by atoms with E-state index in [1.54, 1.807) is 17.1 Å². The zero-order valence-corrected chi connectivity index (χ0v) is 5.61. The van der Waals surface area contributed by atoms with Crippen LogP contribution >= 0.6 is 0 Å². The maximum atomic E-state index is 5.22. The Morgan fingerprint density at radius 3 is 3.30 bits per heavy atom. The molecule has 0 unspecified atom stereocenters. The second-order valence-corrected chi connectivity index (χ2v) is 2.18. The molecule has 0 aliphatic rings. The number of rotatable bonds is 0. The lowest BCUT2D eigenvalue weighted by Gasteiger charge is -1.75. The molecule has 0 amide bonds. The van der Waals surface area contributed by atoms with Crippen LogP contribution in [-0.2, 0) is 7.05 Å². The average molecular weight is 135 g/mol. The number of nitrogens with zero attached hydrogens (tertiary/aromatic N) is 2. The maximum Gasteiger partial charge on any atom is 0.234 e. The summed E-state index contributed by atoms with van der Waals surface area (Å²) in [7, 11) is 1.85. The summed E-state index contributed by atoms with van der Waals surface area (Å²) in [5, 5.41) is 1.08. The zero-order chi connectivity index (χ0) is 6.97. The van der Waals surface area contributed by atoms with E-state index in [9.17, 15) is 0 Å². The highest BCUT2D eigenvalue weighted by atomic mass is 16.5. The van der Waals surface area contributed by atoms with Crippen molar-refractivity contribution in [1.29, 1.82) is 0 Å². The summed E-state index contributed by atoms with van der Waals surface area (Å²) in [4.78, 5) is 3.92. The van der Waals surface area contributed by atoms with E-state index < -0.39 is 0 Å². The molecule has 50 valence electrons. The van der Waals surface area contributed by atoms with Crippen LogP contribution in [0.2, 0.25) is 0 Å². The van der Waals surface area contributed by atoms with Crippen LogP contribution in [0.15, 0.2) is 29.2 Å². The Balaban J connectivity index is 2.88. The van der Waals surface area contributed by atoms with Crippen molar-refractivity contribution in [3.05, 3.63) is 24.7 Å². The zero-order valence-electron chi connectivity index (χ0n) is 5.61. The molecule has 2 rings (SSSR count). The maximum absolute atomic E-state index is 5.22. The lowest BCUT2D eigenvalue weighted by atomic mass is 10.3. The number of aryl methyl sites for hydroxylation is 1. The highest BCUT2D eigenvalue weighted by molar-refractivity contribution is 5.73. The van der Waals surface area contributed by atoms with Crippen LogP contribution in [0, 0.1) is 0 Å². The molecule has 0 aliphatic carbocycles. The quantitative estimate of drug-likeness (QED) is 0.496. The molecule has 0 saturated carbocycles. The highest BCUT2D eigenvalue weighted by Crippen LogP contribution is 2.07. The fourth-order valence-electron chi connectivity index (χ4n) is 0.951. The summed E-state index contributed by atoms with van der Waals surface area (Å²) >= 11 is 0. The van der Waals surface area contributed by atoms with Gasteiger partial charge in [-0.2, -0.15) is 0 Å². The van der Waals surface area contributed by atoms with E-state index in [4.69, 9.17) is 4.52 Å². The molecule has 0 aromatic carbocycles. The summed E-state index contributed by atoms with van der Waals surface area (Å²) in [6.45, 7) is 0. The van der Waals surface area contributed by atoms with Crippen LogP contribution in [-0.4, -0.2) is 4.98 Å². The Bertz CT molecular complexity index is 320. The van der Waals surface area contributed by atoms with Crippen LogP contribution < -0.4 is 4.74 Å². The highest BCUT2D eigenvalue weighted by Gasteiger charge is 2.03. The first-order valence-corrected chi connectivity index (χ1v) is 3.06. The number of hydrogen-bond acceptors (Lipinski definition) is 2. The molecule has 2 heterocycles. The van der Waals surface area contributed by atoms with Crippen molar-refractivity contribution in [1.82, 2.24) is 4.98 Å². The number of pyridine rings is 1. The molecular weight excluding hydrogens is 128 g/mol. The van der Waals surface area contributed by atoms with Gasteiger partial charge in [0.2, 0.25) is 11.8 Å². The van der Waals surface area contributed by atoms with Gasteiger partial charge in [-0.1, -0.05) is 0 Å². The first-order valence-electron chi connectivity index (χ1n) is 3.06. The number of aromatic nitrogens is 2. The van der Waals surface area contributed by atoms with Crippen molar-refractivity contribution in [2.24, 2.45) is 7.05 Å². The van der Waals surface area contributed by atoms with Crippen molar-refractivity contribution in [2.75, 3.05) is 0 Å². The molecule has 10 heavy (non-hydrogen) atoms.